The Morgan fingerprint density at radius 2 is 1.94 bits per heavy atom. The monoisotopic (exact) mass is 237 g/mol. The van der Waals surface area contributed by atoms with Crippen LogP contribution in [0.15, 0.2) is 48.8 Å². The van der Waals surface area contributed by atoms with Crippen molar-refractivity contribution in [3.8, 4) is 6.07 Å². The Balaban J connectivity index is 1.77. The summed E-state index contributed by atoms with van der Waals surface area (Å²) in [5.41, 5.74) is 3.13. The second kappa shape index (κ2) is 6.53. The molecule has 0 radical (unpaired) electrons. The van der Waals surface area contributed by atoms with Crippen molar-refractivity contribution < 1.29 is 0 Å². The predicted molar refractivity (Wildman–Crippen MR) is 70.8 cm³/mol. The first-order chi connectivity index (χ1) is 8.88. The van der Waals surface area contributed by atoms with Crippen molar-refractivity contribution in [3.05, 3.63) is 65.5 Å². The average Bonchev–Trinajstić information content (AvgIpc) is 2.45. The highest BCUT2D eigenvalue weighted by Crippen LogP contribution is 2.03. The Labute approximate surface area is 107 Å². The maximum absolute atomic E-state index is 8.81. The highest BCUT2D eigenvalue weighted by molar-refractivity contribution is 5.32. The fourth-order valence-corrected chi connectivity index (χ4v) is 1.77. The maximum atomic E-state index is 8.81. The van der Waals surface area contributed by atoms with Gasteiger partial charge in [0.25, 0.3) is 0 Å². The third-order valence-corrected chi connectivity index (χ3v) is 2.73. The van der Waals surface area contributed by atoms with Crippen molar-refractivity contribution in [1.29, 1.82) is 5.26 Å². The first-order valence-electron chi connectivity index (χ1n) is 5.97. The lowest BCUT2D eigenvalue weighted by Gasteiger charge is -2.05. The molecule has 0 fully saturated rings. The normalized spacial score (nSPS) is 9.94. The van der Waals surface area contributed by atoms with Crippen LogP contribution in [0.2, 0.25) is 0 Å². The molecule has 0 saturated carbocycles. The number of nitrogens with zero attached hydrogens (tertiary/aromatic N) is 2. The molecule has 0 unspecified atom stereocenters. The quantitative estimate of drug-likeness (QED) is 0.812. The van der Waals surface area contributed by atoms with Gasteiger partial charge in [-0.2, -0.15) is 5.26 Å². The van der Waals surface area contributed by atoms with Gasteiger partial charge in [-0.1, -0.05) is 12.1 Å². The molecule has 0 aliphatic heterocycles. The molecule has 2 rings (SSSR count). The summed E-state index contributed by atoms with van der Waals surface area (Å²) in [4.78, 5) is 3.99. The van der Waals surface area contributed by atoms with Crippen LogP contribution in [0.3, 0.4) is 0 Å². The van der Waals surface area contributed by atoms with Gasteiger partial charge >= 0.3 is 0 Å². The molecule has 1 N–H and O–H groups in total. The second-order valence-electron chi connectivity index (χ2n) is 4.09. The van der Waals surface area contributed by atoms with Gasteiger partial charge in [0, 0.05) is 18.9 Å². The van der Waals surface area contributed by atoms with E-state index in [0.717, 1.165) is 25.1 Å². The fourth-order valence-electron chi connectivity index (χ4n) is 1.77. The Bertz CT molecular complexity index is 529. The van der Waals surface area contributed by atoms with Crippen molar-refractivity contribution in [2.45, 2.75) is 13.0 Å². The topological polar surface area (TPSA) is 48.7 Å². The molecule has 1 aromatic heterocycles. The lowest BCUT2D eigenvalue weighted by atomic mass is 10.1. The van der Waals surface area contributed by atoms with E-state index < -0.39 is 0 Å². The molecular weight excluding hydrogens is 222 g/mol. The van der Waals surface area contributed by atoms with Crippen molar-refractivity contribution in [2.75, 3.05) is 6.54 Å². The number of nitriles is 1. The van der Waals surface area contributed by atoms with E-state index in [2.05, 4.69) is 16.4 Å². The molecular formula is C15H15N3. The van der Waals surface area contributed by atoms with E-state index in [1.807, 2.05) is 48.8 Å². The summed E-state index contributed by atoms with van der Waals surface area (Å²) in [6.07, 6.45) is 4.61. The van der Waals surface area contributed by atoms with Gasteiger partial charge in [-0.15, -0.1) is 0 Å². The largest absolute Gasteiger partial charge is 0.312 e. The third-order valence-electron chi connectivity index (χ3n) is 2.73. The predicted octanol–water partition coefficient (Wildman–Crippen LogP) is 2.29. The number of hydrogen-bond acceptors (Lipinski definition) is 3. The lowest BCUT2D eigenvalue weighted by molar-refractivity contribution is 0.686. The number of aromatic nitrogens is 1. The van der Waals surface area contributed by atoms with Crippen LogP contribution < -0.4 is 5.32 Å². The highest BCUT2D eigenvalue weighted by Gasteiger charge is 1.96. The zero-order valence-electron chi connectivity index (χ0n) is 10.1. The number of rotatable bonds is 5. The minimum absolute atomic E-state index is 0.712. The Morgan fingerprint density at radius 3 is 2.72 bits per heavy atom. The van der Waals surface area contributed by atoms with Gasteiger partial charge in [-0.25, -0.2) is 0 Å². The number of benzene rings is 1. The average molecular weight is 237 g/mol. The van der Waals surface area contributed by atoms with Crippen LogP contribution in [0, 0.1) is 11.3 Å². The van der Waals surface area contributed by atoms with Gasteiger partial charge in [0.2, 0.25) is 0 Å². The smallest absolute Gasteiger partial charge is 0.0991 e. The molecule has 1 aromatic carbocycles. The van der Waals surface area contributed by atoms with Crippen LogP contribution in [0.4, 0.5) is 0 Å². The molecule has 0 atom stereocenters. The molecule has 18 heavy (non-hydrogen) atoms. The molecule has 0 amide bonds. The molecule has 0 aliphatic rings. The van der Waals surface area contributed by atoms with Gasteiger partial charge in [-0.05, 0) is 48.4 Å². The van der Waals surface area contributed by atoms with Crippen LogP contribution in [0.1, 0.15) is 16.7 Å². The Hall–Kier alpha value is -2.18. The molecule has 0 saturated heterocycles. The highest BCUT2D eigenvalue weighted by atomic mass is 14.8. The number of hydrogen-bond donors (Lipinski definition) is 1. The van der Waals surface area contributed by atoms with Crippen molar-refractivity contribution in [3.63, 3.8) is 0 Å². The molecule has 0 spiro atoms. The Morgan fingerprint density at radius 1 is 1.11 bits per heavy atom. The summed E-state index contributed by atoms with van der Waals surface area (Å²) >= 11 is 0. The summed E-state index contributed by atoms with van der Waals surface area (Å²) in [6.45, 7) is 1.71. The van der Waals surface area contributed by atoms with Gasteiger partial charge < -0.3 is 5.32 Å². The van der Waals surface area contributed by atoms with E-state index in [1.54, 1.807) is 0 Å². The molecule has 2 aromatic rings. The standard InChI is InChI=1S/C15H15N3/c16-11-14-2-1-3-15(10-14)12-18-9-6-13-4-7-17-8-5-13/h1-5,7-8,10,18H,6,9,12H2. The van der Waals surface area contributed by atoms with Gasteiger partial charge in [-0.3, -0.25) is 4.98 Å². The number of nitrogens with one attached hydrogen (secondary N) is 1. The van der Waals surface area contributed by atoms with E-state index in [1.165, 1.54) is 5.56 Å². The second-order valence-corrected chi connectivity index (χ2v) is 4.09. The van der Waals surface area contributed by atoms with Crippen LogP contribution >= 0.6 is 0 Å². The summed E-state index contributed by atoms with van der Waals surface area (Å²) in [5, 5.41) is 12.2. The van der Waals surface area contributed by atoms with Gasteiger partial charge in [0.05, 0.1) is 11.6 Å². The first kappa shape index (κ1) is 12.3. The molecule has 3 nitrogen and oxygen atoms in total. The van der Waals surface area contributed by atoms with E-state index in [0.29, 0.717) is 5.56 Å². The van der Waals surface area contributed by atoms with E-state index in [4.69, 9.17) is 5.26 Å². The molecule has 0 aliphatic carbocycles. The summed E-state index contributed by atoms with van der Waals surface area (Å²) in [7, 11) is 0. The van der Waals surface area contributed by atoms with Gasteiger partial charge in [0.15, 0.2) is 0 Å². The molecule has 0 bridgehead atoms. The minimum atomic E-state index is 0.712. The third kappa shape index (κ3) is 3.69. The minimum Gasteiger partial charge on any atom is -0.312 e. The van der Waals surface area contributed by atoms with Crippen LogP contribution in [-0.4, -0.2) is 11.5 Å². The van der Waals surface area contributed by atoms with E-state index in [9.17, 15) is 0 Å². The first-order valence-corrected chi connectivity index (χ1v) is 5.97. The maximum Gasteiger partial charge on any atom is 0.0991 e. The Kier molecular flexibility index (Phi) is 4.46. The van der Waals surface area contributed by atoms with Crippen molar-refractivity contribution >= 4 is 0 Å². The molecule has 3 heteroatoms. The van der Waals surface area contributed by atoms with Crippen molar-refractivity contribution in [1.82, 2.24) is 10.3 Å². The summed E-state index contributed by atoms with van der Waals surface area (Å²) < 4.78 is 0. The lowest BCUT2D eigenvalue weighted by Crippen LogP contribution is -2.16. The van der Waals surface area contributed by atoms with Crippen LogP contribution in [-0.2, 0) is 13.0 Å². The van der Waals surface area contributed by atoms with Gasteiger partial charge in [0.1, 0.15) is 0 Å². The zero-order valence-corrected chi connectivity index (χ0v) is 10.1. The number of pyridine rings is 1. The van der Waals surface area contributed by atoms with Crippen LogP contribution in [0.5, 0.6) is 0 Å². The van der Waals surface area contributed by atoms with Crippen molar-refractivity contribution in [2.24, 2.45) is 0 Å². The zero-order chi connectivity index (χ0) is 12.6. The molecule has 90 valence electrons. The van der Waals surface area contributed by atoms with E-state index >= 15 is 0 Å². The van der Waals surface area contributed by atoms with Crippen LogP contribution in [0.25, 0.3) is 0 Å². The van der Waals surface area contributed by atoms with E-state index in [-0.39, 0.29) is 0 Å². The summed E-state index contributed by atoms with van der Waals surface area (Å²) in [5.74, 6) is 0. The SMILES string of the molecule is N#Cc1cccc(CNCCc2ccncc2)c1. The molecule has 1 heterocycles. The summed E-state index contributed by atoms with van der Waals surface area (Å²) in [6, 6.07) is 13.9. The fraction of sp³-hybridized carbons (Fsp3) is 0.200.